The van der Waals surface area contributed by atoms with Gasteiger partial charge in [-0.25, -0.2) is 0 Å². The quantitative estimate of drug-likeness (QED) is 0.0990. The lowest BCUT2D eigenvalue weighted by molar-refractivity contribution is 0.448. The third-order valence-electron chi connectivity index (χ3n) is 14.4. The number of fused-ring (bicyclic) bond motifs is 3. The predicted octanol–water partition coefficient (Wildman–Crippen LogP) is 13.4. The molecule has 1 aliphatic heterocycles. The third kappa shape index (κ3) is 7.37. The van der Waals surface area contributed by atoms with Gasteiger partial charge in [-0.3, -0.25) is 0 Å². The summed E-state index contributed by atoms with van der Waals surface area (Å²) in [4.78, 5) is 6.51. The van der Waals surface area contributed by atoms with Crippen molar-refractivity contribution in [2.24, 2.45) is 0 Å². The Morgan fingerprint density at radius 3 is 1.71 bits per heavy atom. The molecule has 11 rings (SSSR count). The number of rotatable bonds is 9. The van der Waals surface area contributed by atoms with E-state index in [1.165, 1.54) is 21.6 Å². The van der Waals surface area contributed by atoms with Gasteiger partial charge in [-0.1, -0.05) is 103 Å². The topological polar surface area (TPSA) is 70.4 Å². The second-order valence-electron chi connectivity index (χ2n) is 18.4. The lowest BCUT2D eigenvalue weighted by atomic mass is 9.79. The van der Waals surface area contributed by atoms with Gasteiger partial charge in [0.1, 0.15) is 25.1 Å². The molecule has 8 aromatic carbocycles. The number of benzene rings is 8. The Labute approximate surface area is 405 Å². The molecule has 2 radical (unpaired) electrons. The number of hydrogen-bond acceptors (Lipinski definition) is 6. The van der Waals surface area contributed by atoms with Gasteiger partial charge in [0.2, 0.25) is 0 Å². The van der Waals surface area contributed by atoms with Crippen LogP contribution in [0.25, 0.3) is 22.8 Å². The molecule has 3 N–H and O–H groups in total. The Morgan fingerprint density at radius 1 is 0.507 bits per heavy atom. The average Bonchev–Trinajstić information content (AvgIpc) is 3.84. The molecule has 2 aliphatic carbocycles. The Bertz CT molecular complexity index is 3440. The highest BCUT2D eigenvalue weighted by molar-refractivity contribution is 6.39. The number of para-hydroxylation sites is 3. The van der Waals surface area contributed by atoms with Crippen LogP contribution in [0.1, 0.15) is 52.6 Å². The van der Waals surface area contributed by atoms with Crippen molar-refractivity contribution in [3.63, 3.8) is 0 Å². The zero-order chi connectivity index (χ0) is 47.5. The number of allylic oxidation sites excluding steroid dienone is 4. The van der Waals surface area contributed by atoms with E-state index in [0.717, 1.165) is 75.6 Å². The fourth-order valence-electron chi connectivity index (χ4n) is 10.6. The Hall–Kier alpha value is -8.16. The minimum Gasteiger partial charge on any atom is -0.508 e. The van der Waals surface area contributed by atoms with Crippen LogP contribution in [0.5, 0.6) is 17.2 Å². The van der Waals surface area contributed by atoms with Gasteiger partial charge in [0.25, 0.3) is 0 Å². The van der Waals surface area contributed by atoms with E-state index in [9.17, 15) is 15.3 Å². The lowest BCUT2D eigenvalue weighted by Crippen LogP contribution is -2.28. The van der Waals surface area contributed by atoms with Gasteiger partial charge in [-0.05, 0) is 186 Å². The zero-order valence-electron chi connectivity index (χ0n) is 39.3. The molecule has 0 atom stereocenters. The highest BCUT2D eigenvalue weighted by Crippen LogP contribution is 2.55. The van der Waals surface area contributed by atoms with Crippen molar-refractivity contribution in [1.82, 2.24) is 0 Å². The van der Waals surface area contributed by atoms with Crippen LogP contribution in [0.4, 0.5) is 51.2 Å². The Kier molecular flexibility index (Phi) is 11.0. The van der Waals surface area contributed by atoms with Crippen molar-refractivity contribution in [2.45, 2.75) is 53.4 Å². The minimum atomic E-state index is -0.00245. The molecule has 336 valence electrons. The van der Waals surface area contributed by atoms with Gasteiger partial charge >= 0.3 is 0 Å². The van der Waals surface area contributed by atoms with Crippen LogP contribution in [0.3, 0.4) is 0 Å². The van der Waals surface area contributed by atoms with Crippen molar-refractivity contribution < 1.29 is 15.3 Å². The van der Waals surface area contributed by atoms with E-state index in [2.05, 4.69) is 168 Å². The molecule has 0 amide bonds. The van der Waals surface area contributed by atoms with Crippen LogP contribution in [0.2, 0.25) is 0 Å². The first-order valence-electron chi connectivity index (χ1n) is 23.7. The minimum absolute atomic E-state index is 0.00245. The molecule has 69 heavy (non-hydrogen) atoms. The standard InChI is InChI=1S/C62H52BN3O3/c1-38-39(2)61(68)57(63)58-55(38)37-56-59(62(69)41(4)40(3)60(56)67)66(58)50-34-43(51-29-18-30-53-52(31-32-54(51)53)42-19-9-5-10-20-42)33-49(36-50)65(46-25-15-8-16-26-46)48-28-17-27-47(35-48)64(44-21-11-6-12-22-44)45-23-13-7-14-24-45/h6-9,11-30,32-36,67-69H,5,10,31,37H2,1-4H3. The van der Waals surface area contributed by atoms with Crippen LogP contribution in [-0.2, 0) is 6.42 Å². The summed E-state index contributed by atoms with van der Waals surface area (Å²) in [5, 5.41) is 38.5. The van der Waals surface area contributed by atoms with Gasteiger partial charge in [-0.15, -0.1) is 0 Å². The van der Waals surface area contributed by atoms with Crippen molar-refractivity contribution in [1.29, 1.82) is 0 Å². The third-order valence-corrected chi connectivity index (χ3v) is 14.4. The van der Waals surface area contributed by atoms with Crippen LogP contribution in [0, 0.1) is 27.7 Å². The van der Waals surface area contributed by atoms with Gasteiger partial charge in [-0.2, -0.15) is 0 Å². The smallest absolute Gasteiger partial charge is 0.143 e. The molecule has 0 saturated carbocycles. The monoisotopic (exact) mass is 897 g/mol. The molecule has 1 heterocycles. The second kappa shape index (κ2) is 17.5. The SMILES string of the molecule is [B]c1c(O)c(C)c(C)c2c1N(c1cc(-c3cccc4c3=CCC=4C3=CCCC=C3)cc(N(c3ccccc3)c3cccc(N(c4ccccc4)c4ccccc4)c3)c1)c1c(O)c(C)c(C)c(O)c1C2. The largest absolute Gasteiger partial charge is 0.508 e. The first kappa shape index (κ1) is 43.4. The van der Waals surface area contributed by atoms with Crippen LogP contribution >= 0.6 is 0 Å². The molecule has 0 saturated heterocycles. The van der Waals surface area contributed by atoms with E-state index in [-0.39, 0.29) is 22.7 Å². The summed E-state index contributed by atoms with van der Waals surface area (Å²) in [5.74, 6) is 0.175. The fraction of sp³-hybridized carbons (Fsp3) is 0.129. The van der Waals surface area contributed by atoms with E-state index >= 15 is 0 Å². The molecular weight excluding hydrogens is 846 g/mol. The maximum atomic E-state index is 12.4. The summed E-state index contributed by atoms with van der Waals surface area (Å²) in [6.07, 6.45) is 12.4. The second-order valence-corrected chi connectivity index (χ2v) is 18.4. The normalized spacial score (nSPS) is 13.6. The van der Waals surface area contributed by atoms with Crippen LogP contribution in [0.15, 0.2) is 175 Å². The van der Waals surface area contributed by atoms with Crippen LogP contribution in [-0.4, -0.2) is 23.2 Å². The molecule has 3 aliphatic rings. The van der Waals surface area contributed by atoms with Gasteiger partial charge < -0.3 is 30.0 Å². The number of hydrogen-bond donors (Lipinski definition) is 3. The molecule has 0 bridgehead atoms. The Balaban J connectivity index is 1.21. The zero-order valence-corrected chi connectivity index (χ0v) is 39.3. The molecule has 8 aromatic rings. The highest BCUT2D eigenvalue weighted by atomic mass is 16.3. The molecule has 0 fully saturated rings. The maximum absolute atomic E-state index is 12.4. The maximum Gasteiger partial charge on any atom is 0.143 e. The molecule has 0 unspecified atom stereocenters. The van der Waals surface area contributed by atoms with Crippen molar-refractivity contribution in [3.05, 3.63) is 219 Å². The predicted molar refractivity (Wildman–Crippen MR) is 286 cm³/mol. The fourth-order valence-corrected chi connectivity index (χ4v) is 10.6. The molecule has 6 nitrogen and oxygen atoms in total. The average molecular weight is 898 g/mol. The molecule has 0 aromatic heterocycles. The van der Waals surface area contributed by atoms with E-state index < -0.39 is 0 Å². The lowest BCUT2D eigenvalue weighted by Gasteiger charge is -2.39. The van der Waals surface area contributed by atoms with Gasteiger partial charge in [0.15, 0.2) is 0 Å². The number of aromatic hydroxyl groups is 3. The molecule has 0 spiro atoms. The summed E-state index contributed by atoms with van der Waals surface area (Å²) in [6.45, 7) is 7.53. The number of phenols is 3. The van der Waals surface area contributed by atoms with Gasteiger partial charge in [0.05, 0.1) is 5.69 Å². The summed E-state index contributed by atoms with van der Waals surface area (Å²) in [7, 11) is 7.07. The van der Waals surface area contributed by atoms with Crippen molar-refractivity contribution >= 4 is 76.1 Å². The van der Waals surface area contributed by atoms with E-state index in [4.69, 9.17) is 7.85 Å². The summed E-state index contributed by atoms with van der Waals surface area (Å²) in [6, 6.07) is 52.9. The van der Waals surface area contributed by atoms with Crippen molar-refractivity contribution in [2.75, 3.05) is 14.7 Å². The highest BCUT2D eigenvalue weighted by Gasteiger charge is 2.35. The van der Waals surface area contributed by atoms with Crippen LogP contribution < -0.4 is 30.6 Å². The molecule has 7 heteroatoms. The first-order valence-corrected chi connectivity index (χ1v) is 23.7. The van der Waals surface area contributed by atoms with E-state index in [1.54, 1.807) is 0 Å². The molecular formula is C62H52BN3O3. The van der Waals surface area contributed by atoms with E-state index in [0.29, 0.717) is 45.7 Å². The van der Waals surface area contributed by atoms with E-state index in [1.807, 2.05) is 50.8 Å². The first-order chi connectivity index (χ1) is 33.6. The summed E-state index contributed by atoms with van der Waals surface area (Å²) < 4.78 is 0. The summed E-state index contributed by atoms with van der Waals surface area (Å²) >= 11 is 0. The van der Waals surface area contributed by atoms with Crippen molar-refractivity contribution in [3.8, 4) is 28.4 Å². The number of anilines is 9. The summed E-state index contributed by atoms with van der Waals surface area (Å²) in [5.41, 5.74) is 16.5. The number of nitrogens with zero attached hydrogens (tertiary/aromatic N) is 3. The van der Waals surface area contributed by atoms with Gasteiger partial charge in [0, 0.05) is 57.5 Å². The number of phenolic OH excluding ortho intramolecular Hbond substituents is 3. The Morgan fingerprint density at radius 2 is 1.09 bits per heavy atom.